The van der Waals surface area contributed by atoms with E-state index in [0.717, 1.165) is 15.2 Å². The van der Waals surface area contributed by atoms with Crippen LogP contribution in [-0.2, 0) is 4.79 Å². The second-order valence-corrected chi connectivity index (χ2v) is 6.81. The number of aromatic nitrogens is 2. The summed E-state index contributed by atoms with van der Waals surface area (Å²) in [4.78, 5) is 20.6. The van der Waals surface area contributed by atoms with Gasteiger partial charge in [0, 0.05) is 5.02 Å². The number of benzene rings is 1. The Morgan fingerprint density at radius 1 is 1.39 bits per heavy atom. The van der Waals surface area contributed by atoms with Crippen molar-refractivity contribution in [3.05, 3.63) is 41.0 Å². The number of ether oxygens (including phenoxy) is 1. The summed E-state index contributed by atoms with van der Waals surface area (Å²) in [5, 5.41) is 6.10. The number of halogens is 1. The molecular weight excluding hydrogens is 354 g/mol. The zero-order valence-electron chi connectivity index (χ0n) is 12.1. The van der Waals surface area contributed by atoms with Crippen molar-refractivity contribution in [1.82, 2.24) is 9.97 Å². The summed E-state index contributed by atoms with van der Waals surface area (Å²) >= 11 is 8.89. The highest BCUT2D eigenvalue weighted by Crippen LogP contribution is 2.30. The molecule has 3 aromatic rings. The molecule has 0 spiro atoms. The number of nitrogens with zero attached hydrogens (tertiary/aromatic N) is 2. The number of hydrogen-bond acceptors (Lipinski definition) is 6. The van der Waals surface area contributed by atoms with Crippen LogP contribution in [0.25, 0.3) is 10.2 Å². The van der Waals surface area contributed by atoms with Crippen LogP contribution in [0.5, 0.6) is 5.75 Å². The van der Waals surface area contributed by atoms with Gasteiger partial charge < -0.3 is 10.1 Å². The topological polar surface area (TPSA) is 64.1 Å². The Kier molecular flexibility index (Phi) is 5.00. The molecule has 0 atom stereocenters. The molecule has 1 amide bonds. The fraction of sp³-hybridized carbons (Fsp3) is 0.133. The Morgan fingerprint density at radius 2 is 2.26 bits per heavy atom. The lowest BCUT2D eigenvalue weighted by molar-refractivity contribution is -0.113. The number of carbonyl (C=O) groups excluding carboxylic acids is 1. The summed E-state index contributed by atoms with van der Waals surface area (Å²) in [6.07, 6.45) is 1.51. The molecule has 23 heavy (non-hydrogen) atoms. The van der Waals surface area contributed by atoms with Gasteiger partial charge in [0.05, 0.1) is 28.8 Å². The van der Waals surface area contributed by atoms with Crippen molar-refractivity contribution in [2.45, 2.75) is 5.03 Å². The van der Waals surface area contributed by atoms with Gasteiger partial charge in [-0.3, -0.25) is 4.79 Å². The zero-order valence-corrected chi connectivity index (χ0v) is 14.5. The van der Waals surface area contributed by atoms with Gasteiger partial charge in [-0.05, 0) is 29.6 Å². The largest absolute Gasteiger partial charge is 0.495 e. The number of thioether (sulfide) groups is 1. The van der Waals surface area contributed by atoms with E-state index < -0.39 is 0 Å². The molecule has 0 fully saturated rings. The van der Waals surface area contributed by atoms with E-state index in [4.69, 9.17) is 16.3 Å². The lowest BCUT2D eigenvalue weighted by Crippen LogP contribution is -2.14. The van der Waals surface area contributed by atoms with Crippen molar-refractivity contribution < 1.29 is 9.53 Å². The molecule has 2 aromatic heterocycles. The SMILES string of the molecule is COc1ccc(Cl)cc1NC(=O)CSc1ncnc2ccsc12. The first-order chi connectivity index (χ1) is 11.2. The molecule has 118 valence electrons. The Balaban J connectivity index is 1.68. The second kappa shape index (κ2) is 7.16. The summed E-state index contributed by atoms with van der Waals surface area (Å²) in [6.45, 7) is 0. The van der Waals surface area contributed by atoms with Crippen LogP contribution in [0.1, 0.15) is 0 Å². The quantitative estimate of drug-likeness (QED) is 0.545. The van der Waals surface area contributed by atoms with E-state index >= 15 is 0 Å². The van der Waals surface area contributed by atoms with E-state index in [1.165, 1.54) is 18.1 Å². The van der Waals surface area contributed by atoms with Gasteiger partial charge >= 0.3 is 0 Å². The predicted octanol–water partition coefficient (Wildman–Crippen LogP) is 4.08. The van der Waals surface area contributed by atoms with Crippen LogP contribution < -0.4 is 10.1 Å². The minimum atomic E-state index is -0.154. The van der Waals surface area contributed by atoms with E-state index in [2.05, 4.69) is 15.3 Å². The third kappa shape index (κ3) is 3.74. The fourth-order valence-electron chi connectivity index (χ4n) is 1.97. The third-order valence-corrected chi connectivity index (χ3v) is 5.25. The molecule has 0 aliphatic heterocycles. The Morgan fingerprint density at radius 3 is 3.09 bits per heavy atom. The van der Waals surface area contributed by atoms with Crippen molar-refractivity contribution >= 4 is 56.5 Å². The van der Waals surface area contributed by atoms with Gasteiger partial charge in [0.15, 0.2) is 0 Å². The fourth-order valence-corrected chi connectivity index (χ4v) is 3.89. The number of hydrogen-bond donors (Lipinski definition) is 1. The van der Waals surface area contributed by atoms with Gasteiger partial charge in [0.1, 0.15) is 17.1 Å². The first kappa shape index (κ1) is 16.0. The Hall–Kier alpha value is -1.83. The first-order valence-corrected chi connectivity index (χ1v) is 8.86. The number of rotatable bonds is 5. The standard InChI is InChI=1S/C15H12ClN3O2S2/c1-21-12-3-2-9(16)6-11(12)19-13(20)7-23-15-14-10(4-5-22-14)17-8-18-15/h2-6,8H,7H2,1H3,(H,19,20). The molecule has 0 aliphatic rings. The number of fused-ring (bicyclic) bond motifs is 1. The molecule has 0 unspecified atom stereocenters. The Labute approximate surface area is 146 Å². The maximum atomic E-state index is 12.2. The van der Waals surface area contributed by atoms with Crippen molar-refractivity contribution in [1.29, 1.82) is 0 Å². The summed E-state index contributed by atoms with van der Waals surface area (Å²) in [5.74, 6) is 0.647. The van der Waals surface area contributed by atoms with Crippen LogP contribution in [0.4, 0.5) is 5.69 Å². The van der Waals surface area contributed by atoms with E-state index in [9.17, 15) is 4.79 Å². The van der Waals surface area contributed by atoms with Crippen molar-refractivity contribution in [3.63, 3.8) is 0 Å². The highest BCUT2D eigenvalue weighted by atomic mass is 35.5. The first-order valence-electron chi connectivity index (χ1n) is 6.62. The van der Waals surface area contributed by atoms with Crippen LogP contribution >= 0.6 is 34.7 Å². The monoisotopic (exact) mass is 365 g/mol. The summed E-state index contributed by atoms with van der Waals surface area (Å²) in [6, 6.07) is 7.01. The number of anilines is 1. The van der Waals surface area contributed by atoms with Gasteiger partial charge in [-0.2, -0.15) is 0 Å². The molecule has 5 nitrogen and oxygen atoms in total. The molecule has 1 aromatic carbocycles. The molecule has 2 heterocycles. The zero-order chi connectivity index (χ0) is 16.2. The average Bonchev–Trinajstić information content (AvgIpc) is 3.02. The highest BCUT2D eigenvalue weighted by molar-refractivity contribution is 8.00. The van der Waals surface area contributed by atoms with Crippen molar-refractivity contribution in [3.8, 4) is 5.75 Å². The maximum absolute atomic E-state index is 12.2. The molecule has 3 rings (SSSR count). The van der Waals surface area contributed by atoms with Crippen molar-refractivity contribution in [2.75, 3.05) is 18.2 Å². The van der Waals surface area contributed by atoms with E-state index in [1.54, 1.807) is 36.6 Å². The third-order valence-electron chi connectivity index (χ3n) is 2.99. The predicted molar refractivity (Wildman–Crippen MR) is 94.8 cm³/mol. The molecule has 1 N–H and O–H groups in total. The maximum Gasteiger partial charge on any atom is 0.234 e. The van der Waals surface area contributed by atoms with Gasteiger partial charge in [0.25, 0.3) is 0 Å². The number of nitrogens with one attached hydrogen (secondary N) is 1. The lowest BCUT2D eigenvalue weighted by atomic mass is 10.3. The molecular formula is C15H12ClN3O2S2. The number of thiophene rings is 1. The van der Waals surface area contributed by atoms with Crippen LogP contribution in [-0.4, -0.2) is 28.7 Å². The minimum Gasteiger partial charge on any atom is -0.495 e. The average molecular weight is 366 g/mol. The van der Waals surface area contributed by atoms with Crippen molar-refractivity contribution in [2.24, 2.45) is 0 Å². The van der Waals surface area contributed by atoms with Crippen LogP contribution in [0.2, 0.25) is 5.02 Å². The van der Waals surface area contributed by atoms with Crippen LogP contribution in [0, 0.1) is 0 Å². The lowest BCUT2D eigenvalue weighted by Gasteiger charge is -2.10. The number of carbonyl (C=O) groups is 1. The Bertz CT molecular complexity index is 854. The number of methoxy groups -OCH3 is 1. The minimum absolute atomic E-state index is 0.154. The van der Waals surface area contributed by atoms with E-state index in [-0.39, 0.29) is 11.7 Å². The smallest absolute Gasteiger partial charge is 0.234 e. The summed E-state index contributed by atoms with van der Waals surface area (Å²) in [5.41, 5.74) is 1.44. The molecule has 0 bridgehead atoms. The van der Waals surface area contributed by atoms with Crippen LogP contribution in [0.15, 0.2) is 41.0 Å². The molecule has 0 saturated heterocycles. The molecule has 8 heteroatoms. The van der Waals surface area contributed by atoms with Gasteiger partial charge in [-0.1, -0.05) is 23.4 Å². The number of amides is 1. The highest BCUT2D eigenvalue weighted by Gasteiger charge is 2.11. The second-order valence-electron chi connectivity index (χ2n) is 4.50. The van der Waals surface area contributed by atoms with Crippen LogP contribution in [0.3, 0.4) is 0 Å². The molecule has 0 aliphatic carbocycles. The van der Waals surface area contributed by atoms with Gasteiger partial charge in [-0.25, -0.2) is 9.97 Å². The molecule has 0 radical (unpaired) electrons. The molecule has 0 saturated carbocycles. The normalized spacial score (nSPS) is 10.7. The van der Waals surface area contributed by atoms with E-state index in [0.29, 0.717) is 16.5 Å². The van der Waals surface area contributed by atoms with Gasteiger partial charge in [0.2, 0.25) is 5.91 Å². The van der Waals surface area contributed by atoms with Gasteiger partial charge in [-0.15, -0.1) is 11.3 Å². The van der Waals surface area contributed by atoms with E-state index in [1.807, 2.05) is 11.4 Å². The summed E-state index contributed by atoms with van der Waals surface area (Å²) in [7, 11) is 1.54. The summed E-state index contributed by atoms with van der Waals surface area (Å²) < 4.78 is 6.20.